The molecule has 1 saturated carbocycles. The summed E-state index contributed by atoms with van der Waals surface area (Å²) in [6.45, 7) is 11.2. The van der Waals surface area contributed by atoms with E-state index in [1.54, 1.807) is 0 Å². The van der Waals surface area contributed by atoms with Gasteiger partial charge in [0.05, 0.1) is 0 Å². The molecule has 1 fully saturated rings. The maximum absolute atomic E-state index is 3.77. The SMILES string of the molecule is C=CC[C@H]1C[C@@H]1[Si](C)(C)C. The first kappa shape index (κ1) is 8.06. The molecule has 0 nitrogen and oxygen atoms in total. The molecule has 0 heterocycles. The van der Waals surface area contributed by atoms with Gasteiger partial charge in [0.15, 0.2) is 0 Å². The van der Waals surface area contributed by atoms with E-state index >= 15 is 0 Å². The topological polar surface area (TPSA) is 0 Å². The van der Waals surface area contributed by atoms with Crippen molar-refractivity contribution in [3.8, 4) is 0 Å². The Morgan fingerprint density at radius 3 is 2.40 bits per heavy atom. The van der Waals surface area contributed by atoms with Gasteiger partial charge >= 0.3 is 0 Å². The van der Waals surface area contributed by atoms with Gasteiger partial charge in [0.25, 0.3) is 0 Å². The molecular weight excluding hydrogens is 136 g/mol. The molecule has 0 aromatic rings. The summed E-state index contributed by atoms with van der Waals surface area (Å²) in [5.41, 5.74) is 1.10. The van der Waals surface area contributed by atoms with E-state index in [-0.39, 0.29) is 0 Å². The Bertz CT molecular complexity index is 132. The van der Waals surface area contributed by atoms with Gasteiger partial charge in [-0.15, -0.1) is 6.58 Å². The predicted octanol–water partition coefficient (Wildman–Crippen LogP) is 3.29. The maximum atomic E-state index is 3.77. The minimum absolute atomic E-state index is 0.772. The van der Waals surface area contributed by atoms with E-state index in [4.69, 9.17) is 0 Å². The molecule has 0 unspecified atom stereocenters. The smallest absolute Gasteiger partial charge is 0.0476 e. The highest BCUT2D eigenvalue weighted by Gasteiger charge is 2.44. The van der Waals surface area contributed by atoms with Gasteiger partial charge in [0, 0.05) is 8.07 Å². The average Bonchev–Trinajstić information content (AvgIpc) is 2.44. The van der Waals surface area contributed by atoms with Gasteiger partial charge in [-0.05, 0) is 24.3 Å². The number of rotatable bonds is 3. The molecular formula is C9H18Si. The van der Waals surface area contributed by atoms with Gasteiger partial charge in [0.1, 0.15) is 0 Å². The van der Waals surface area contributed by atoms with Crippen LogP contribution in [0.15, 0.2) is 12.7 Å². The second-order valence-corrected chi connectivity index (χ2v) is 9.97. The van der Waals surface area contributed by atoms with Crippen molar-refractivity contribution in [2.45, 2.75) is 38.0 Å². The molecule has 0 spiro atoms. The summed E-state index contributed by atoms with van der Waals surface area (Å²) in [5.74, 6) is 1.02. The molecule has 1 rings (SSSR count). The van der Waals surface area contributed by atoms with Crippen molar-refractivity contribution in [1.29, 1.82) is 0 Å². The Balaban J connectivity index is 2.31. The Kier molecular flexibility index (Phi) is 2.04. The summed E-state index contributed by atoms with van der Waals surface area (Å²) in [6.07, 6.45) is 4.82. The van der Waals surface area contributed by atoms with Crippen molar-refractivity contribution < 1.29 is 0 Å². The van der Waals surface area contributed by atoms with Crippen molar-refractivity contribution in [3.63, 3.8) is 0 Å². The zero-order valence-electron chi connectivity index (χ0n) is 7.35. The Morgan fingerprint density at radius 1 is 1.50 bits per heavy atom. The van der Waals surface area contributed by atoms with Crippen molar-refractivity contribution >= 4 is 8.07 Å². The number of allylic oxidation sites excluding steroid dienone is 1. The summed E-state index contributed by atoms with van der Waals surface area (Å²) in [4.78, 5) is 0. The quantitative estimate of drug-likeness (QED) is 0.432. The molecule has 0 amide bonds. The predicted molar refractivity (Wildman–Crippen MR) is 50.0 cm³/mol. The first-order valence-corrected chi connectivity index (χ1v) is 7.74. The standard InChI is InChI=1S/C9H18Si/c1-5-6-8-7-9(8)10(2,3)4/h5,8-9H,1,6-7H2,2-4H3/t8-,9-/m0/s1. The van der Waals surface area contributed by atoms with Crippen LogP contribution in [0.25, 0.3) is 0 Å². The summed E-state index contributed by atoms with van der Waals surface area (Å²) < 4.78 is 0. The molecule has 0 radical (unpaired) electrons. The van der Waals surface area contributed by atoms with Crippen LogP contribution >= 0.6 is 0 Å². The zero-order valence-corrected chi connectivity index (χ0v) is 8.35. The number of hydrogen-bond acceptors (Lipinski definition) is 0. The average molecular weight is 154 g/mol. The molecule has 0 bridgehead atoms. The third kappa shape index (κ3) is 1.72. The van der Waals surface area contributed by atoms with E-state index in [9.17, 15) is 0 Å². The second kappa shape index (κ2) is 2.53. The Hall–Kier alpha value is -0.0431. The maximum Gasteiger partial charge on any atom is 0.0476 e. The zero-order chi connectivity index (χ0) is 7.78. The minimum Gasteiger partial charge on any atom is -0.103 e. The molecule has 1 aliphatic rings. The van der Waals surface area contributed by atoms with E-state index in [0.29, 0.717) is 0 Å². The van der Waals surface area contributed by atoms with Gasteiger partial charge in [-0.2, -0.15) is 0 Å². The minimum atomic E-state index is -0.772. The van der Waals surface area contributed by atoms with Crippen LogP contribution in [-0.2, 0) is 0 Å². The van der Waals surface area contributed by atoms with Gasteiger partial charge < -0.3 is 0 Å². The van der Waals surface area contributed by atoms with Crippen LogP contribution in [0.1, 0.15) is 12.8 Å². The summed E-state index contributed by atoms with van der Waals surface area (Å²) >= 11 is 0. The van der Waals surface area contributed by atoms with Crippen molar-refractivity contribution in [2.75, 3.05) is 0 Å². The fourth-order valence-corrected chi connectivity index (χ4v) is 4.34. The molecule has 58 valence electrons. The third-order valence-corrected chi connectivity index (χ3v) is 5.44. The molecule has 0 N–H and O–H groups in total. The third-order valence-electron chi connectivity index (χ3n) is 2.50. The highest BCUT2D eigenvalue weighted by molar-refractivity contribution is 6.78. The number of hydrogen-bond donors (Lipinski definition) is 0. The summed E-state index contributed by atoms with van der Waals surface area (Å²) in [6, 6.07) is 0. The van der Waals surface area contributed by atoms with Crippen LogP contribution in [0, 0.1) is 5.92 Å². The van der Waals surface area contributed by atoms with Crippen LogP contribution in [0.2, 0.25) is 25.2 Å². The van der Waals surface area contributed by atoms with E-state index in [0.717, 1.165) is 11.5 Å². The van der Waals surface area contributed by atoms with Gasteiger partial charge in [-0.3, -0.25) is 0 Å². The first-order valence-electron chi connectivity index (χ1n) is 4.16. The normalized spacial score (nSPS) is 31.9. The molecule has 1 heteroatoms. The Morgan fingerprint density at radius 2 is 2.10 bits per heavy atom. The van der Waals surface area contributed by atoms with Crippen molar-refractivity contribution in [3.05, 3.63) is 12.7 Å². The molecule has 0 saturated heterocycles. The second-order valence-electron chi connectivity index (χ2n) is 4.49. The van der Waals surface area contributed by atoms with Crippen LogP contribution in [0.3, 0.4) is 0 Å². The fraction of sp³-hybridized carbons (Fsp3) is 0.778. The largest absolute Gasteiger partial charge is 0.103 e. The molecule has 1 aliphatic carbocycles. The molecule has 2 atom stereocenters. The van der Waals surface area contributed by atoms with Crippen molar-refractivity contribution in [1.82, 2.24) is 0 Å². The highest BCUT2D eigenvalue weighted by Crippen LogP contribution is 2.53. The lowest BCUT2D eigenvalue weighted by Crippen LogP contribution is -2.20. The monoisotopic (exact) mass is 154 g/mol. The van der Waals surface area contributed by atoms with Gasteiger partial charge in [-0.25, -0.2) is 0 Å². The Labute approximate surface area is 65.3 Å². The van der Waals surface area contributed by atoms with Crippen LogP contribution in [0.5, 0.6) is 0 Å². The van der Waals surface area contributed by atoms with E-state index in [1.165, 1.54) is 12.8 Å². The van der Waals surface area contributed by atoms with E-state index in [2.05, 4.69) is 32.3 Å². The summed E-state index contributed by atoms with van der Waals surface area (Å²) in [7, 11) is -0.772. The molecule has 0 aliphatic heterocycles. The molecule has 0 aromatic carbocycles. The summed E-state index contributed by atoms with van der Waals surface area (Å²) in [5, 5.41) is 0. The molecule has 10 heavy (non-hydrogen) atoms. The van der Waals surface area contributed by atoms with Crippen LogP contribution in [0.4, 0.5) is 0 Å². The molecule has 0 aromatic heterocycles. The van der Waals surface area contributed by atoms with Gasteiger partial charge in [-0.1, -0.05) is 25.7 Å². The fourth-order valence-electron chi connectivity index (χ4n) is 1.78. The lowest BCUT2D eigenvalue weighted by atomic mass is 10.3. The lowest BCUT2D eigenvalue weighted by Gasteiger charge is -2.14. The van der Waals surface area contributed by atoms with Crippen LogP contribution < -0.4 is 0 Å². The van der Waals surface area contributed by atoms with Crippen molar-refractivity contribution in [2.24, 2.45) is 5.92 Å². The van der Waals surface area contributed by atoms with E-state index < -0.39 is 8.07 Å². The lowest BCUT2D eigenvalue weighted by molar-refractivity contribution is 0.856. The van der Waals surface area contributed by atoms with Crippen LogP contribution in [-0.4, -0.2) is 8.07 Å². The highest BCUT2D eigenvalue weighted by atomic mass is 28.3. The van der Waals surface area contributed by atoms with E-state index in [1.807, 2.05) is 0 Å². The first-order chi connectivity index (χ1) is 4.55. The van der Waals surface area contributed by atoms with Gasteiger partial charge in [0.2, 0.25) is 0 Å².